The Morgan fingerprint density at radius 1 is 1.13 bits per heavy atom. The fourth-order valence-corrected chi connectivity index (χ4v) is 3.84. The number of halogens is 1. The minimum Gasteiger partial charge on any atom is -0.402 e. The van der Waals surface area contributed by atoms with E-state index in [1.165, 1.54) is 10.6 Å². The lowest BCUT2D eigenvalue weighted by Crippen LogP contribution is -2.36. The molecule has 9 nitrogen and oxygen atoms in total. The van der Waals surface area contributed by atoms with Crippen LogP contribution >= 0.6 is 0 Å². The minimum atomic E-state index is -0.392. The number of hydrogen-bond acceptors (Lipinski definition) is 7. The highest BCUT2D eigenvalue weighted by molar-refractivity contribution is 5.54. The number of hydrogen-bond donors (Lipinski definition) is 1. The lowest BCUT2D eigenvalue weighted by Gasteiger charge is -2.32. The summed E-state index contributed by atoms with van der Waals surface area (Å²) in [6.07, 6.45) is 5.77. The predicted molar refractivity (Wildman–Crippen MR) is 104 cm³/mol. The smallest absolute Gasteiger partial charge is 0.319 e. The van der Waals surface area contributed by atoms with Crippen molar-refractivity contribution >= 4 is 11.5 Å². The molecule has 148 valence electrons. The van der Waals surface area contributed by atoms with Gasteiger partial charge in [-0.2, -0.15) is 5.10 Å². The molecule has 1 N–H and O–H groups in total. The van der Waals surface area contributed by atoms with Crippen LogP contribution in [0.5, 0.6) is 0 Å². The van der Waals surface area contributed by atoms with E-state index >= 15 is 0 Å². The Bertz CT molecular complexity index is 1340. The monoisotopic (exact) mass is 402 g/mol. The molecule has 0 fully saturated rings. The molecule has 1 aliphatic rings. The first-order chi connectivity index (χ1) is 14.8. The molecule has 6 rings (SSSR count). The lowest BCUT2D eigenvalue weighted by atomic mass is 10.0. The molecule has 0 saturated heterocycles. The lowest BCUT2D eigenvalue weighted by molar-refractivity contribution is 0.502. The number of imidazole rings is 1. The van der Waals surface area contributed by atoms with Crippen molar-refractivity contribution in [1.82, 2.24) is 34.8 Å². The molecule has 0 saturated carbocycles. The Morgan fingerprint density at radius 3 is 2.97 bits per heavy atom. The Hall–Kier alpha value is -4.08. The summed E-state index contributed by atoms with van der Waals surface area (Å²) in [6, 6.07) is 10.2. The van der Waals surface area contributed by atoms with E-state index in [-0.39, 0.29) is 5.82 Å². The van der Waals surface area contributed by atoms with Crippen LogP contribution in [-0.4, -0.2) is 41.3 Å². The SMILES string of the molecule is Fc1cccn2nc([C@H]3c4nc[nH]c4CCN3c3nnc(-c4ccccn4)o3)cc12. The van der Waals surface area contributed by atoms with Crippen molar-refractivity contribution in [2.45, 2.75) is 12.5 Å². The molecule has 0 unspecified atom stereocenters. The van der Waals surface area contributed by atoms with Gasteiger partial charge in [0, 0.05) is 31.1 Å². The summed E-state index contributed by atoms with van der Waals surface area (Å²) in [6.45, 7) is 0.611. The molecule has 0 amide bonds. The Morgan fingerprint density at radius 2 is 2.10 bits per heavy atom. The van der Waals surface area contributed by atoms with Gasteiger partial charge in [-0.1, -0.05) is 11.2 Å². The number of anilines is 1. The predicted octanol–water partition coefficient (Wildman–Crippen LogP) is 2.79. The van der Waals surface area contributed by atoms with Gasteiger partial charge >= 0.3 is 6.01 Å². The van der Waals surface area contributed by atoms with E-state index in [0.29, 0.717) is 35.4 Å². The molecule has 0 spiro atoms. The summed E-state index contributed by atoms with van der Waals surface area (Å²) >= 11 is 0. The van der Waals surface area contributed by atoms with E-state index in [9.17, 15) is 4.39 Å². The van der Waals surface area contributed by atoms with Crippen molar-refractivity contribution in [2.75, 3.05) is 11.4 Å². The molecule has 1 atom stereocenters. The summed E-state index contributed by atoms with van der Waals surface area (Å²) in [5, 5.41) is 13.0. The van der Waals surface area contributed by atoms with Crippen molar-refractivity contribution in [1.29, 1.82) is 0 Å². The Kier molecular flexibility index (Phi) is 3.63. The summed E-state index contributed by atoms with van der Waals surface area (Å²) < 4.78 is 21.7. The molecule has 0 bridgehead atoms. The molecule has 0 radical (unpaired) electrons. The summed E-state index contributed by atoms with van der Waals surface area (Å²) in [5.41, 5.74) is 3.46. The zero-order valence-corrected chi connectivity index (χ0v) is 15.6. The first-order valence-electron chi connectivity index (χ1n) is 9.45. The van der Waals surface area contributed by atoms with E-state index < -0.39 is 6.04 Å². The van der Waals surface area contributed by atoms with E-state index in [0.717, 1.165) is 17.8 Å². The van der Waals surface area contributed by atoms with Crippen LogP contribution in [0.1, 0.15) is 23.1 Å². The number of nitrogens with zero attached hydrogens (tertiary/aromatic N) is 7. The largest absolute Gasteiger partial charge is 0.402 e. The number of aromatic amines is 1. The van der Waals surface area contributed by atoms with Crippen LogP contribution in [-0.2, 0) is 6.42 Å². The minimum absolute atomic E-state index is 0.332. The van der Waals surface area contributed by atoms with E-state index in [2.05, 4.69) is 30.2 Å². The maximum absolute atomic E-state index is 14.3. The average molecular weight is 402 g/mol. The molecule has 0 aromatic carbocycles. The van der Waals surface area contributed by atoms with Crippen molar-refractivity contribution in [2.24, 2.45) is 0 Å². The number of fused-ring (bicyclic) bond motifs is 2. The van der Waals surface area contributed by atoms with Gasteiger partial charge in [-0.3, -0.25) is 4.98 Å². The number of pyridine rings is 2. The quantitative estimate of drug-likeness (QED) is 0.495. The average Bonchev–Trinajstić information content (AvgIpc) is 3.52. The van der Waals surface area contributed by atoms with Gasteiger partial charge in [0.15, 0.2) is 0 Å². The third-order valence-electron chi connectivity index (χ3n) is 5.22. The van der Waals surface area contributed by atoms with Crippen LogP contribution in [0, 0.1) is 5.82 Å². The molecular weight excluding hydrogens is 387 g/mol. The summed E-state index contributed by atoms with van der Waals surface area (Å²) in [5.74, 6) is -0.00527. The molecule has 0 aliphatic carbocycles. The van der Waals surface area contributed by atoms with Crippen LogP contribution in [0.25, 0.3) is 17.1 Å². The van der Waals surface area contributed by atoms with E-state index in [1.54, 1.807) is 30.9 Å². The fraction of sp³-hybridized carbons (Fsp3) is 0.150. The van der Waals surface area contributed by atoms with Crippen LogP contribution in [0.2, 0.25) is 0 Å². The second-order valence-electron chi connectivity index (χ2n) is 6.97. The van der Waals surface area contributed by atoms with Gasteiger partial charge in [-0.15, -0.1) is 5.10 Å². The summed E-state index contributed by atoms with van der Waals surface area (Å²) in [7, 11) is 0. The van der Waals surface area contributed by atoms with Gasteiger partial charge in [0.2, 0.25) is 0 Å². The van der Waals surface area contributed by atoms with Crippen molar-refractivity contribution in [3.63, 3.8) is 0 Å². The zero-order chi connectivity index (χ0) is 20.1. The van der Waals surface area contributed by atoms with Gasteiger partial charge in [-0.05, 0) is 30.3 Å². The van der Waals surface area contributed by atoms with Crippen LogP contribution in [0.4, 0.5) is 10.4 Å². The van der Waals surface area contributed by atoms with Gasteiger partial charge in [0.1, 0.15) is 23.1 Å². The second kappa shape index (κ2) is 6.48. The molecule has 5 aromatic heterocycles. The Labute approximate surface area is 169 Å². The molecule has 6 heterocycles. The van der Waals surface area contributed by atoms with E-state index in [1.807, 2.05) is 23.1 Å². The van der Waals surface area contributed by atoms with Crippen molar-refractivity contribution in [3.8, 4) is 11.6 Å². The topological polar surface area (TPSA) is 101 Å². The van der Waals surface area contributed by atoms with Crippen LogP contribution < -0.4 is 4.90 Å². The molecule has 1 aliphatic heterocycles. The maximum Gasteiger partial charge on any atom is 0.319 e. The van der Waals surface area contributed by atoms with Gasteiger partial charge in [0.25, 0.3) is 5.89 Å². The van der Waals surface area contributed by atoms with Crippen molar-refractivity contribution in [3.05, 3.63) is 78.0 Å². The molecule has 30 heavy (non-hydrogen) atoms. The second-order valence-corrected chi connectivity index (χ2v) is 6.97. The number of rotatable bonds is 3. The van der Waals surface area contributed by atoms with E-state index in [4.69, 9.17) is 4.42 Å². The van der Waals surface area contributed by atoms with Crippen molar-refractivity contribution < 1.29 is 8.81 Å². The number of aromatic nitrogens is 7. The Balaban J connectivity index is 1.46. The van der Waals surface area contributed by atoms with Gasteiger partial charge < -0.3 is 14.3 Å². The summed E-state index contributed by atoms with van der Waals surface area (Å²) in [4.78, 5) is 13.9. The number of H-pyrrole nitrogens is 1. The first-order valence-corrected chi connectivity index (χ1v) is 9.45. The van der Waals surface area contributed by atoms with Gasteiger partial charge in [-0.25, -0.2) is 13.9 Å². The van der Waals surface area contributed by atoms with Gasteiger partial charge in [0.05, 0.1) is 17.7 Å². The molecule has 5 aromatic rings. The highest BCUT2D eigenvalue weighted by atomic mass is 19.1. The van der Waals surface area contributed by atoms with Crippen LogP contribution in [0.15, 0.2) is 59.5 Å². The fourth-order valence-electron chi connectivity index (χ4n) is 3.84. The standard InChI is InChI=1S/C20H15FN8O/c21-12-4-3-8-29-16(12)10-15(27-29)18-17-13(23-11-24-17)6-9-28(18)20-26-25-19(30-20)14-5-1-2-7-22-14/h1-5,7-8,10-11,18H,6,9H2,(H,23,24)/t18-/m0/s1. The third-order valence-corrected chi connectivity index (χ3v) is 5.22. The first kappa shape index (κ1) is 16.8. The molecular formula is C20H15FN8O. The highest BCUT2D eigenvalue weighted by Gasteiger charge is 2.36. The normalized spacial score (nSPS) is 16.2. The number of nitrogens with one attached hydrogen (secondary N) is 1. The zero-order valence-electron chi connectivity index (χ0n) is 15.6. The molecule has 10 heteroatoms. The highest BCUT2D eigenvalue weighted by Crippen LogP contribution is 2.37. The maximum atomic E-state index is 14.3. The van der Waals surface area contributed by atoms with Crippen LogP contribution in [0.3, 0.4) is 0 Å². The third kappa shape index (κ3) is 2.57.